The first-order chi connectivity index (χ1) is 9.40. The van der Waals surface area contributed by atoms with E-state index in [2.05, 4.69) is 4.72 Å². The molecule has 9 heteroatoms. The normalized spacial score (nSPS) is 17.0. The van der Waals surface area contributed by atoms with Crippen LogP contribution < -0.4 is 4.72 Å². The van der Waals surface area contributed by atoms with E-state index in [1.54, 1.807) is 11.8 Å². The van der Waals surface area contributed by atoms with Gasteiger partial charge in [0.2, 0.25) is 10.0 Å². The van der Waals surface area contributed by atoms with E-state index in [0.717, 1.165) is 42.5 Å². The highest BCUT2D eigenvalue weighted by molar-refractivity contribution is 7.99. The molecule has 20 heavy (non-hydrogen) atoms. The third-order valence-electron chi connectivity index (χ3n) is 3.00. The van der Waals surface area contributed by atoms with Crippen LogP contribution in [0.5, 0.6) is 5.75 Å². The van der Waals surface area contributed by atoms with Crippen LogP contribution in [0.3, 0.4) is 0 Å². The third-order valence-corrected chi connectivity index (χ3v) is 5.56. The molecule has 0 atom stereocenters. The zero-order valence-corrected chi connectivity index (χ0v) is 12.1. The highest BCUT2D eigenvalue weighted by atomic mass is 32.2. The second-order valence-corrected chi connectivity index (χ2v) is 7.35. The fraction of sp³-hybridized carbons (Fsp3) is 0.455. The van der Waals surface area contributed by atoms with Crippen LogP contribution in [0.2, 0.25) is 0 Å². The van der Waals surface area contributed by atoms with E-state index in [1.165, 1.54) is 0 Å². The van der Waals surface area contributed by atoms with Crippen LogP contribution in [0, 0.1) is 10.1 Å². The van der Waals surface area contributed by atoms with Gasteiger partial charge in [-0.2, -0.15) is 11.8 Å². The number of nitrogens with zero attached hydrogens (tertiary/aromatic N) is 1. The minimum atomic E-state index is -3.81. The van der Waals surface area contributed by atoms with Crippen LogP contribution >= 0.6 is 11.8 Å². The van der Waals surface area contributed by atoms with Gasteiger partial charge in [-0.25, -0.2) is 13.1 Å². The van der Waals surface area contributed by atoms with Gasteiger partial charge in [-0.3, -0.25) is 10.1 Å². The lowest BCUT2D eigenvalue weighted by atomic mass is 10.2. The zero-order chi connectivity index (χ0) is 14.8. The van der Waals surface area contributed by atoms with Crippen molar-refractivity contribution in [2.45, 2.75) is 23.8 Å². The van der Waals surface area contributed by atoms with Crippen LogP contribution in [0.25, 0.3) is 0 Å². The van der Waals surface area contributed by atoms with E-state index in [1.807, 2.05) is 0 Å². The minimum absolute atomic E-state index is 0.144. The molecule has 0 aromatic heterocycles. The molecule has 2 rings (SSSR count). The summed E-state index contributed by atoms with van der Waals surface area (Å²) < 4.78 is 26.9. The number of sulfonamides is 1. The van der Waals surface area contributed by atoms with Gasteiger partial charge in [-0.1, -0.05) is 0 Å². The largest absolute Gasteiger partial charge is 0.502 e. The molecular weight excluding hydrogens is 304 g/mol. The maximum Gasteiger partial charge on any atom is 0.312 e. The van der Waals surface area contributed by atoms with Gasteiger partial charge in [0.15, 0.2) is 5.75 Å². The van der Waals surface area contributed by atoms with E-state index < -0.39 is 26.4 Å². The molecule has 1 aromatic carbocycles. The van der Waals surface area contributed by atoms with Crippen LogP contribution in [0.1, 0.15) is 12.8 Å². The van der Waals surface area contributed by atoms with Crippen LogP contribution in [-0.4, -0.2) is 36.0 Å². The number of nitro benzene ring substituents is 1. The predicted molar refractivity (Wildman–Crippen MR) is 75.4 cm³/mol. The summed E-state index contributed by atoms with van der Waals surface area (Å²) >= 11 is 1.77. The maximum absolute atomic E-state index is 12.2. The summed E-state index contributed by atoms with van der Waals surface area (Å²) in [5, 5.41) is 20.1. The van der Waals surface area contributed by atoms with Crippen molar-refractivity contribution in [1.82, 2.24) is 4.72 Å². The first-order valence-electron chi connectivity index (χ1n) is 5.97. The third kappa shape index (κ3) is 3.41. The Morgan fingerprint density at radius 1 is 1.35 bits per heavy atom. The number of phenols is 1. The number of phenolic OH excluding ortho intramolecular Hbond substituents is 1. The van der Waals surface area contributed by atoms with Gasteiger partial charge in [0, 0.05) is 12.1 Å². The van der Waals surface area contributed by atoms with Gasteiger partial charge in [-0.15, -0.1) is 0 Å². The molecule has 1 aliphatic rings. The van der Waals surface area contributed by atoms with Crippen LogP contribution in [0.4, 0.5) is 5.69 Å². The molecule has 2 N–H and O–H groups in total. The molecule has 0 spiro atoms. The second kappa shape index (κ2) is 5.98. The van der Waals surface area contributed by atoms with E-state index in [-0.39, 0.29) is 10.9 Å². The summed E-state index contributed by atoms with van der Waals surface area (Å²) in [6, 6.07) is 2.90. The SMILES string of the molecule is O=[N+]([O-])c1cc(S(=O)(=O)NC2CCSCC2)ccc1O. The summed E-state index contributed by atoms with van der Waals surface area (Å²) in [6.07, 6.45) is 1.48. The summed E-state index contributed by atoms with van der Waals surface area (Å²) in [5.74, 6) is 1.23. The van der Waals surface area contributed by atoms with Crippen molar-refractivity contribution in [2.75, 3.05) is 11.5 Å². The molecule has 0 amide bonds. The summed E-state index contributed by atoms with van der Waals surface area (Å²) in [4.78, 5) is 9.70. The summed E-state index contributed by atoms with van der Waals surface area (Å²) in [5.41, 5.74) is -0.618. The molecule has 0 saturated carbocycles. The van der Waals surface area contributed by atoms with Crippen molar-refractivity contribution in [2.24, 2.45) is 0 Å². The smallest absolute Gasteiger partial charge is 0.312 e. The molecule has 1 saturated heterocycles. The highest BCUT2D eigenvalue weighted by Gasteiger charge is 2.25. The molecule has 7 nitrogen and oxygen atoms in total. The lowest BCUT2D eigenvalue weighted by molar-refractivity contribution is -0.386. The van der Waals surface area contributed by atoms with Crippen molar-refractivity contribution >= 4 is 27.5 Å². The number of aromatic hydroxyl groups is 1. The van der Waals surface area contributed by atoms with Gasteiger partial charge in [0.05, 0.1) is 9.82 Å². The number of nitro groups is 1. The van der Waals surface area contributed by atoms with Gasteiger partial charge >= 0.3 is 5.69 Å². The van der Waals surface area contributed by atoms with Gasteiger partial charge in [0.25, 0.3) is 0 Å². The minimum Gasteiger partial charge on any atom is -0.502 e. The summed E-state index contributed by atoms with van der Waals surface area (Å²) in [7, 11) is -3.81. The Morgan fingerprint density at radius 3 is 2.60 bits per heavy atom. The number of nitrogens with one attached hydrogen (secondary N) is 1. The van der Waals surface area contributed by atoms with Crippen molar-refractivity contribution in [3.05, 3.63) is 28.3 Å². The molecule has 0 aliphatic carbocycles. The number of benzene rings is 1. The average molecular weight is 318 g/mol. The standard InChI is InChI=1S/C11H14N2O5S2/c14-11-2-1-9(7-10(11)13(15)16)20(17,18)12-8-3-5-19-6-4-8/h1-2,7-8,12,14H,3-6H2. The van der Waals surface area contributed by atoms with Crippen molar-refractivity contribution in [3.63, 3.8) is 0 Å². The predicted octanol–water partition coefficient (Wildman–Crippen LogP) is 1.47. The Balaban J connectivity index is 2.24. The van der Waals surface area contributed by atoms with E-state index >= 15 is 0 Å². The highest BCUT2D eigenvalue weighted by Crippen LogP contribution is 2.28. The molecule has 1 heterocycles. The Morgan fingerprint density at radius 2 is 2.00 bits per heavy atom. The lowest BCUT2D eigenvalue weighted by Gasteiger charge is -2.22. The molecular formula is C11H14N2O5S2. The molecule has 1 fully saturated rings. The lowest BCUT2D eigenvalue weighted by Crippen LogP contribution is -2.37. The van der Waals surface area contributed by atoms with Crippen LogP contribution in [-0.2, 0) is 10.0 Å². The van der Waals surface area contributed by atoms with Gasteiger partial charge in [-0.05, 0) is 36.5 Å². The zero-order valence-electron chi connectivity index (χ0n) is 10.5. The quantitative estimate of drug-likeness (QED) is 0.642. The van der Waals surface area contributed by atoms with Crippen molar-refractivity contribution in [1.29, 1.82) is 0 Å². The van der Waals surface area contributed by atoms with Gasteiger partial charge in [0.1, 0.15) is 0 Å². The Labute approximate surface area is 120 Å². The van der Waals surface area contributed by atoms with Crippen molar-refractivity contribution < 1.29 is 18.4 Å². The fourth-order valence-corrected chi connectivity index (χ4v) is 4.35. The van der Waals surface area contributed by atoms with Crippen LogP contribution in [0.15, 0.2) is 23.1 Å². The Bertz CT molecular complexity index is 611. The van der Waals surface area contributed by atoms with E-state index in [0.29, 0.717) is 0 Å². The Kier molecular flexibility index (Phi) is 4.51. The number of rotatable bonds is 4. The average Bonchev–Trinajstić information content (AvgIpc) is 2.39. The second-order valence-electron chi connectivity index (χ2n) is 4.42. The molecule has 0 radical (unpaired) electrons. The number of thioether (sulfide) groups is 1. The van der Waals surface area contributed by atoms with Crippen molar-refractivity contribution in [3.8, 4) is 5.75 Å². The fourth-order valence-electron chi connectivity index (χ4n) is 1.92. The number of hydrogen-bond acceptors (Lipinski definition) is 6. The molecule has 1 aliphatic heterocycles. The topological polar surface area (TPSA) is 110 Å². The molecule has 1 aromatic rings. The Hall–Kier alpha value is -1.32. The van der Waals surface area contributed by atoms with E-state index in [4.69, 9.17) is 0 Å². The first-order valence-corrected chi connectivity index (χ1v) is 8.61. The monoisotopic (exact) mass is 318 g/mol. The number of hydrogen-bond donors (Lipinski definition) is 2. The molecule has 110 valence electrons. The van der Waals surface area contributed by atoms with E-state index in [9.17, 15) is 23.6 Å². The van der Waals surface area contributed by atoms with Gasteiger partial charge < -0.3 is 5.11 Å². The first kappa shape index (κ1) is 15.1. The molecule has 0 unspecified atom stereocenters. The maximum atomic E-state index is 12.2. The molecule has 0 bridgehead atoms. The summed E-state index contributed by atoms with van der Waals surface area (Å²) in [6.45, 7) is 0.